The maximum absolute atomic E-state index is 12.1. The molecule has 0 bridgehead atoms. The lowest BCUT2D eigenvalue weighted by atomic mass is 10.1. The van der Waals surface area contributed by atoms with Crippen LogP contribution in [0.2, 0.25) is 0 Å². The highest BCUT2D eigenvalue weighted by Crippen LogP contribution is 2.10. The van der Waals surface area contributed by atoms with Crippen molar-refractivity contribution in [2.75, 3.05) is 13.1 Å². The van der Waals surface area contributed by atoms with Gasteiger partial charge in [-0.05, 0) is 37.9 Å². The van der Waals surface area contributed by atoms with Gasteiger partial charge in [-0.1, -0.05) is 6.07 Å². The lowest BCUT2D eigenvalue weighted by molar-refractivity contribution is 0.0954. The van der Waals surface area contributed by atoms with Gasteiger partial charge in [-0.25, -0.2) is 4.52 Å². The van der Waals surface area contributed by atoms with E-state index in [1.54, 1.807) is 10.7 Å². The molecule has 1 atom stereocenters. The second-order valence-electron chi connectivity index (χ2n) is 4.93. The van der Waals surface area contributed by atoms with E-state index in [1.165, 1.54) is 12.8 Å². The number of carbonyl (C=O) groups excluding carboxylic acids is 1. The standard InChI is InChI=1S/C14H18N4O/c19-14(16-8-6-11-4-3-7-15-11)12-10-17-18-9-2-1-5-13(12)18/h1-2,5,9-11,15H,3-4,6-8H2,(H,16,19)/t11-/m0/s1. The third-order valence-corrected chi connectivity index (χ3v) is 3.61. The Morgan fingerprint density at radius 3 is 3.32 bits per heavy atom. The molecule has 0 unspecified atom stereocenters. The summed E-state index contributed by atoms with van der Waals surface area (Å²) in [6.45, 7) is 1.81. The average Bonchev–Trinajstić information content (AvgIpc) is 3.07. The molecule has 3 heterocycles. The summed E-state index contributed by atoms with van der Waals surface area (Å²) in [6, 6.07) is 6.27. The fourth-order valence-corrected chi connectivity index (χ4v) is 2.57. The lowest BCUT2D eigenvalue weighted by Gasteiger charge is -2.10. The molecule has 2 aromatic heterocycles. The largest absolute Gasteiger partial charge is 0.352 e. The second-order valence-corrected chi connectivity index (χ2v) is 4.93. The minimum Gasteiger partial charge on any atom is -0.352 e. The van der Waals surface area contributed by atoms with Crippen LogP contribution in [0.5, 0.6) is 0 Å². The first-order valence-corrected chi connectivity index (χ1v) is 6.78. The molecule has 2 N–H and O–H groups in total. The van der Waals surface area contributed by atoms with E-state index in [1.807, 2.05) is 24.4 Å². The lowest BCUT2D eigenvalue weighted by Crippen LogP contribution is -2.30. The van der Waals surface area contributed by atoms with Gasteiger partial charge in [0, 0.05) is 18.8 Å². The van der Waals surface area contributed by atoms with Crippen LogP contribution in [0.3, 0.4) is 0 Å². The molecule has 0 spiro atoms. The predicted octanol–water partition coefficient (Wildman–Crippen LogP) is 1.21. The molecule has 1 fully saturated rings. The van der Waals surface area contributed by atoms with Crippen LogP contribution in [0, 0.1) is 0 Å². The molecule has 2 aromatic rings. The molecular weight excluding hydrogens is 240 g/mol. The Morgan fingerprint density at radius 1 is 1.53 bits per heavy atom. The molecule has 5 nitrogen and oxygen atoms in total. The summed E-state index contributed by atoms with van der Waals surface area (Å²) < 4.78 is 1.72. The third-order valence-electron chi connectivity index (χ3n) is 3.61. The van der Waals surface area contributed by atoms with E-state index in [0.29, 0.717) is 18.2 Å². The Balaban J connectivity index is 1.60. The van der Waals surface area contributed by atoms with Gasteiger partial charge in [0.2, 0.25) is 0 Å². The molecule has 1 aliphatic heterocycles. The molecule has 0 aromatic carbocycles. The Labute approximate surface area is 112 Å². The average molecular weight is 258 g/mol. The van der Waals surface area contributed by atoms with Crippen molar-refractivity contribution in [1.82, 2.24) is 20.2 Å². The fraction of sp³-hybridized carbons (Fsp3) is 0.429. The molecule has 1 amide bonds. The molecule has 0 radical (unpaired) electrons. The number of hydrogen-bond acceptors (Lipinski definition) is 3. The quantitative estimate of drug-likeness (QED) is 0.866. The van der Waals surface area contributed by atoms with E-state index in [9.17, 15) is 4.79 Å². The summed E-state index contributed by atoms with van der Waals surface area (Å²) in [5.41, 5.74) is 1.49. The van der Waals surface area contributed by atoms with Crippen molar-refractivity contribution in [2.45, 2.75) is 25.3 Å². The summed E-state index contributed by atoms with van der Waals surface area (Å²) >= 11 is 0. The van der Waals surface area contributed by atoms with Crippen LogP contribution in [0.25, 0.3) is 5.52 Å². The summed E-state index contributed by atoms with van der Waals surface area (Å²) in [7, 11) is 0. The molecule has 100 valence electrons. The second kappa shape index (κ2) is 5.40. The van der Waals surface area contributed by atoms with Gasteiger partial charge in [0.05, 0.1) is 17.3 Å². The molecule has 1 aliphatic rings. The first-order valence-electron chi connectivity index (χ1n) is 6.78. The summed E-state index contributed by atoms with van der Waals surface area (Å²) in [6.07, 6.45) is 6.91. The highest BCUT2D eigenvalue weighted by Gasteiger charge is 2.15. The van der Waals surface area contributed by atoms with Crippen LogP contribution in [0.1, 0.15) is 29.6 Å². The van der Waals surface area contributed by atoms with Gasteiger partial charge in [-0.15, -0.1) is 0 Å². The number of amides is 1. The monoisotopic (exact) mass is 258 g/mol. The Bertz CT molecular complexity index is 572. The van der Waals surface area contributed by atoms with Crippen LogP contribution in [0.15, 0.2) is 30.6 Å². The number of nitrogens with zero attached hydrogens (tertiary/aromatic N) is 2. The zero-order valence-electron chi connectivity index (χ0n) is 10.8. The van der Waals surface area contributed by atoms with Crippen LogP contribution in [0.4, 0.5) is 0 Å². The highest BCUT2D eigenvalue weighted by molar-refractivity contribution is 6.00. The van der Waals surface area contributed by atoms with Gasteiger partial charge in [0.25, 0.3) is 5.91 Å². The Hall–Kier alpha value is -1.88. The van der Waals surface area contributed by atoms with E-state index in [-0.39, 0.29) is 5.91 Å². The van der Waals surface area contributed by atoms with Crippen molar-refractivity contribution < 1.29 is 4.79 Å². The summed E-state index contributed by atoms with van der Waals surface area (Å²) in [5.74, 6) is -0.0424. The van der Waals surface area contributed by atoms with Gasteiger partial charge in [-0.3, -0.25) is 4.79 Å². The molecule has 1 saturated heterocycles. The van der Waals surface area contributed by atoms with Crippen LogP contribution in [-0.4, -0.2) is 34.7 Å². The Kier molecular flexibility index (Phi) is 3.46. The highest BCUT2D eigenvalue weighted by atomic mass is 16.1. The third kappa shape index (κ3) is 2.61. The summed E-state index contributed by atoms with van der Waals surface area (Å²) in [5, 5.41) is 10.6. The number of hydrogen-bond donors (Lipinski definition) is 2. The van der Waals surface area contributed by atoms with E-state index in [2.05, 4.69) is 15.7 Å². The molecule has 5 heteroatoms. The van der Waals surface area contributed by atoms with Crippen molar-refractivity contribution in [3.8, 4) is 0 Å². The Morgan fingerprint density at radius 2 is 2.47 bits per heavy atom. The van der Waals surface area contributed by atoms with Crippen molar-refractivity contribution in [2.24, 2.45) is 0 Å². The van der Waals surface area contributed by atoms with Crippen molar-refractivity contribution in [1.29, 1.82) is 0 Å². The van der Waals surface area contributed by atoms with E-state index >= 15 is 0 Å². The van der Waals surface area contributed by atoms with E-state index < -0.39 is 0 Å². The van der Waals surface area contributed by atoms with Crippen molar-refractivity contribution in [3.63, 3.8) is 0 Å². The fourth-order valence-electron chi connectivity index (χ4n) is 2.57. The van der Waals surface area contributed by atoms with E-state index in [4.69, 9.17) is 0 Å². The molecular formula is C14H18N4O. The zero-order valence-corrected chi connectivity index (χ0v) is 10.8. The van der Waals surface area contributed by atoms with Gasteiger partial charge < -0.3 is 10.6 Å². The first kappa shape index (κ1) is 12.2. The van der Waals surface area contributed by atoms with Crippen molar-refractivity contribution in [3.05, 3.63) is 36.2 Å². The topological polar surface area (TPSA) is 58.4 Å². The van der Waals surface area contributed by atoms with Gasteiger partial charge in [0.1, 0.15) is 0 Å². The number of aromatic nitrogens is 2. The van der Waals surface area contributed by atoms with Crippen LogP contribution >= 0.6 is 0 Å². The molecule has 3 rings (SSSR count). The minimum atomic E-state index is -0.0424. The summed E-state index contributed by atoms with van der Waals surface area (Å²) in [4.78, 5) is 12.1. The van der Waals surface area contributed by atoms with Gasteiger partial charge in [0.15, 0.2) is 0 Å². The molecule has 0 saturated carbocycles. The maximum atomic E-state index is 12.1. The van der Waals surface area contributed by atoms with Crippen molar-refractivity contribution >= 4 is 11.4 Å². The number of fused-ring (bicyclic) bond motifs is 1. The molecule has 19 heavy (non-hydrogen) atoms. The number of pyridine rings is 1. The van der Waals surface area contributed by atoms with Crippen LogP contribution < -0.4 is 10.6 Å². The zero-order chi connectivity index (χ0) is 13.1. The SMILES string of the molecule is O=C(NCC[C@@H]1CCCN1)c1cnn2ccccc12. The minimum absolute atomic E-state index is 0.0424. The maximum Gasteiger partial charge on any atom is 0.255 e. The van der Waals surface area contributed by atoms with Gasteiger partial charge in [-0.2, -0.15) is 5.10 Å². The molecule has 0 aliphatic carbocycles. The number of rotatable bonds is 4. The van der Waals surface area contributed by atoms with Crippen LogP contribution in [-0.2, 0) is 0 Å². The van der Waals surface area contributed by atoms with E-state index in [0.717, 1.165) is 18.5 Å². The first-order chi connectivity index (χ1) is 9.34. The predicted molar refractivity (Wildman–Crippen MR) is 73.2 cm³/mol. The smallest absolute Gasteiger partial charge is 0.255 e. The number of nitrogens with one attached hydrogen (secondary N) is 2. The normalized spacial score (nSPS) is 18.8. The number of carbonyl (C=O) groups is 1. The van der Waals surface area contributed by atoms with Gasteiger partial charge >= 0.3 is 0 Å².